The number of aromatic nitrogens is 7. The van der Waals surface area contributed by atoms with Crippen molar-refractivity contribution in [2.45, 2.75) is 56.8 Å². The number of benzene rings is 2. The van der Waals surface area contributed by atoms with E-state index in [9.17, 15) is 31.5 Å². The molecule has 2 aliphatic rings. The average molecular weight is 775 g/mol. The predicted octanol–water partition coefficient (Wildman–Crippen LogP) is 7.73. The zero-order valence-corrected chi connectivity index (χ0v) is 29.2. The predicted molar refractivity (Wildman–Crippen MR) is 189 cm³/mol. The van der Waals surface area contributed by atoms with Gasteiger partial charge in [0.1, 0.15) is 23.9 Å². The molecule has 2 aliphatic carbocycles. The highest BCUT2D eigenvalue weighted by Crippen LogP contribution is 2.64. The van der Waals surface area contributed by atoms with Crippen molar-refractivity contribution in [3.8, 4) is 22.4 Å². The highest BCUT2D eigenvalue weighted by Gasteiger charge is 2.63. The third-order valence-corrected chi connectivity index (χ3v) is 10.8. The molecule has 1 amide bonds. The van der Waals surface area contributed by atoms with E-state index in [0.717, 1.165) is 17.7 Å². The Kier molecular flexibility index (Phi) is 8.00. The Hall–Kier alpha value is -6.26. The molecular weight excluding hydrogens is 745 g/mol. The van der Waals surface area contributed by atoms with E-state index < -0.39 is 76.7 Å². The van der Waals surface area contributed by atoms with Crippen LogP contribution in [-0.2, 0) is 29.9 Å². The molecule has 56 heavy (non-hydrogen) atoms. The number of hydrogen-bond donors (Lipinski definition) is 3. The van der Waals surface area contributed by atoms with Crippen LogP contribution in [0.3, 0.4) is 0 Å². The fourth-order valence-electron chi connectivity index (χ4n) is 8.27. The van der Waals surface area contributed by atoms with Gasteiger partial charge in [-0.2, -0.15) is 32.1 Å². The van der Waals surface area contributed by atoms with Gasteiger partial charge in [-0.15, -0.1) is 0 Å². The fourth-order valence-corrected chi connectivity index (χ4v) is 8.27. The van der Waals surface area contributed by atoms with Gasteiger partial charge in [0.25, 0.3) is 5.92 Å². The molecule has 3 atom stereocenters. The second-order valence-electron chi connectivity index (χ2n) is 14.2. The smallest absolute Gasteiger partial charge is 0.353 e. The van der Waals surface area contributed by atoms with Crippen molar-refractivity contribution in [2.24, 2.45) is 5.92 Å². The Morgan fingerprint density at radius 2 is 1.75 bits per heavy atom. The van der Waals surface area contributed by atoms with Crippen LogP contribution in [0.15, 0.2) is 77.6 Å². The van der Waals surface area contributed by atoms with Crippen molar-refractivity contribution >= 4 is 22.6 Å². The number of halogens is 7. The summed E-state index contributed by atoms with van der Waals surface area (Å²) in [6, 6.07) is 17.6. The summed E-state index contributed by atoms with van der Waals surface area (Å²) >= 11 is 0. The molecule has 0 unspecified atom stereocenters. The summed E-state index contributed by atoms with van der Waals surface area (Å²) in [6.45, 7) is 0.646. The van der Waals surface area contributed by atoms with Gasteiger partial charge in [0.05, 0.1) is 22.8 Å². The average Bonchev–Trinajstić information content (AvgIpc) is 3.85. The van der Waals surface area contributed by atoms with Crippen LogP contribution in [0.2, 0.25) is 0 Å². The molecule has 0 bridgehead atoms. The van der Waals surface area contributed by atoms with Crippen molar-refractivity contribution in [2.75, 3.05) is 0 Å². The van der Waals surface area contributed by atoms with Gasteiger partial charge in [-0.3, -0.25) is 9.48 Å². The first kappa shape index (κ1) is 35.4. The number of H-pyrrole nitrogens is 2. The van der Waals surface area contributed by atoms with Gasteiger partial charge < -0.3 is 10.3 Å². The number of aromatic amines is 2. The molecule has 0 aliphatic heterocycles. The van der Waals surface area contributed by atoms with E-state index in [1.165, 1.54) is 4.40 Å². The summed E-state index contributed by atoms with van der Waals surface area (Å²) in [5.74, 6) is -8.84. The second kappa shape index (κ2) is 12.6. The molecule has 7 aromatic rings. The number of pyridine rings is 2. The molecular formula is C39H29F7N8O2. The Labute approximate surface area is 311 Å². The molecule has 0 spiro atoms. The minimum Gasteiger partial charge on any atom is -0.353 e. The van der Waals surface area contributed by atoms with Gasteiger partial charge in [0, 0.05) is 40.1 Å². The summed E-state index contributed by atoms with van der Waals surface area (Å²) < 4.78 is 105. The minimum atomic E-state index is -5.05. The third-order valence-electron chi connectivity index (χ3n) is 10.8. The first-order chi connectivity index (χ1) is 26.7. The molecule has 2 aromatic carbocycles. The van der Waals surface area contributed by atoms with Crippen LogP contribution >= 0.6 is 0 Å². The van der Waals surface area contributed by atoms with E-state index >= 15 is 8.78 Å². The van der Waals surface area contributed by atoms with Crippen molar-refractivity contribution in [3.05, 3.63) is 129 Å². The summed E-state index contributed by atoms with van der Waals surface area (Å²) in [5, 5.41) is 12.7. The van der Waals surface area contributed by atoms with Crippen LogP contribution in [0.25, 0.3) is 39.1 Å². The lowest BCUT2D eigenvalue weighted by Crippen LogP contribution is -2.36. The molecule has 17 heteroatoms. The van der Waals surface area contributed by atoms with Crippen LogP contribution in [-0.4, -0.2) is 40.3 Å². The van der Waals surface area contributed by atoms with Crippen LogP contribution in [0.4, 0.5) is 30.7 Å². The van der Waals surface area contributed by atoms with E-state index in [4.69, 9.17) is 4.98 Å². The number of fused-ring (bicyclic) bond motifs is 5. The molecule has 0 saturated heterocycles. The number of carbonyl (C=O) groups is 1. The molecule has 10 nitrogen and oxygen atoms in total. The van der Waals surface area contributed by atoms with Crippen molar-refractivity contribution in [1.82, 2.24) is 39.7 Å². The summed E-state index contributed by atoms with van der Waals surface area (Å²) in [5.41, 5.74) is 0.770. The first-order valence-corrected chi connectivity index (χ1v) is 17.6. The molecule has 3 N–H and O–H groups in total. The number of carbonyl (C=O) groups excluding carboxylic acids is 1. The molecule has 1 fully saturated rings. The lowest BCUT2D eigenvalue weighted by Gasteiger charge is -2.34. The Morgan fingerprint density at radius 3 is 2.45 bits per heavy atom. The number of hydrogen-bond acceptors (Lipinski definition) is 5. The van der Waals surface area contributed by atoms with E-state index in [2.05, 4.69) is 25.6 Å². The molecule has 5 aromatic heterocycles. The van der Waals surface area contributed by atoms with Crippen molar-refractivity contribution in [3.63, 3.8) is 0 Å². The number of aryl methyl sites for hydroxylation is 1. The molecule has 0 radical (unpaired) electrons. The van der Waals surface area contributed by atoms with Crippen molar-refractivity contribution in [1.29, 1.82) is 0 Å². The number of amides is 1. The first-order valence-electron chi connectivity index (χ1n) is 17.6. The highest BCUT2D eigenvalue weighted by atomic mass is 19.4. The SMILES string of the molecule is Cc1c(-c2cc3[nH]c(-c4ccccc4)cc3nc2[C@H](Cc2cc(F)cc(F)c2)NC(=O)Cn2nc(C(F)(F)F)c3c2C(F)(F)[C@@H]2CC[C@H]32)ccc2n[nH]c(=O)n12. The summed E-state index contributed by atoms with van der Waals surface area (Å²) in [4.78, 5) is 35.1. The number of nitrogens with zero attached hydrogens (tertiary/aromatic N) is 5. The molecule has 9 rings (SSSR count). The monoisotopic (exact) mass is 774 g/mol. The number of rotatable bonds is 8. The third kappa shape index (κ3) is 5.74. The second-order valence-corrected chi connectivity index (χ2v) is 14.2. The Morgan fingerprint density at radius 1 is 1.00 bits per heavy atom. The fraction of sp³-hybridized carbons (Fsp3) is 0.256. The molecule has 286 valence electrons. The number of nitrogens with one attached hydrogen (secondary N) is 3. The van der Waals surface area contributed by atoms with Crippen LogP contribution in [0.1, 0.15) is 58.7 Å². The Bertz CT molecular complexity index is 2750. The zero-order chi connectivity index (χ0) is 39.3. The maximum atomic E-state index is 15.6. The molecule has 5 heterocycles. The number of alkyl halides is 5. The summed E-state index contributed by atoms with van der Waals surface area (Å²) in [7, 11) is 0. The van der Waals surface area contributed by atoms with Gasteiger partial charge in [-0.05, 0) is 79.6 Å². The maximum Gasteiger partial charge on any atom is 0.435 e. The normalized spacial score (nSPS) is 17.9. The van der Waals surface area contributed by atoms with E-state index in [-0.39, 0.29) is 30.5 Å². The summed E-state index contributed by atoms with van der Waals surface area (Å²) in [6.07, 6.45) is -5.17. The van der Waals surface area contributed by atoms with Gasteiger partial charge in [-0.25, -0.2) is 28.1 Å². The quantitative estimate of drug-likeness (QED) is 0.136. The van der Waals surface area contributed by atoms with Gasteiger partial charge >= 0.3 is 11.9 Å². The van der Waals surface area contributed by atoms with Gasteiger partial charge in [0.2, 0.25) is 5.91 Å². The van der Waals surface area contributed by atoms with Crippen LogP contribution in [0.5, 0.6) is 0 Å². The molecule has 1 saturated carbocycles. The highest BCUT2D eigenvalue weighted by molar-refractivity contribution is 5.88. The van der Waals surface area contributed by atoms with Crippen LogP contribution in [0, 0.1) is 24.5 Å². The van der Waals surface area contributed by atoms with E-state index in [1.807, 2.05) is 30.3 Å². The topological polar surface area (TPSA) is 126 Å². The zero-order valence-electron chi connectivity index (χ0n) is 29.2. The maximum absolute atomic E-state index is 15.6. The lowest BCUT2D eigenvalue weighted by molar-refractivity contribution is -0.144. The van der Waals surface area contributed by atoms with Gasteiger partial charge in [-0.1, -0.05) is 30.3 Å². The largest absolute Gasteiger partial charge is 0.435 e. The van der Waals surface area contributed by atoms with Gasteiger partial charge in [0.15, 0.2) is 11.3 Å². The lowest BCUT2D eigenvalue weighted by atomic mass is 9.73. The van der Waals surface area contributed by atoms with E-state index in [0.29, 0.717) is 49.9 Å². The Balaban J connectivity index is 1.19. The van der Waals surface area contributed by atoms with Crippen LogP contribution < -0.4 is 11.0 Å². The minimum absolute atomic E-state index is 0.0281. The van der Waals surface area contributed by atoms with E-state index in [1.54, 1.807) is 31.2 Å². The standard InChI is InChI=1S/C39H29F7N8O2/c1-18-23(8-10-31-50-51-37(56)54(18)31)25-15-28-29(16-27(47-28)20-5-3-2-4-6-20)49-34(25)30(13-19-11-21(40)14-22(41)12-19)48-32(55)17-53-36-33(35(52-53)39(44,45)46)24-7-9-26(24)38(36,42)43/h2-6,8,10-12,14-16,24,26,30,47H,7,9,13,17H2,1H3,(H,48,55)(H,51,56)/t24-,26+,30-/m0/s1. The van der Waals surface area contributed by atoms with Crippen molar-refractivity contribution < 1.29 is 35.5 Å².